The van der Waals surface area contributed by atoms with Gasteiger partial charge in [-0.15, -0.1) is 10.2 Å². The molecule has 1 atom stereocenters. The standard InChI is InChI=1S/C39H31N3O4S2/c1-24-14-16-27(17-15-24)34-33(35(43)28-18-20-31(21-19-28)46-22-29-10-4-3-8-25(29)2)36(44)37(45)42(34)38-40-41-39(48-38)47-23-30-12-7-11-26-9-5-6-13-32(26)30/h3-21,34,43H,22-23H2,1-2H3/b35-33+. The van der Waals surface area contributed by atoms with Gasteiger partial charge in [0, 0.05) is 11.3 Å². The van der Waals surface area contributed by atoms with Crippen LogP contribution in [0.5, 0.6) is 5.75 Å². The van der Waals surface area contributed by atoms with Gasteiger partial charge >= 0.3 is 5.91 Å². The molecule has 2 heterocycles. The number of ether oxygens (including phenoxy) is 1. The number of benzene rings is 5. The Morgan fingerprint density at radius 1 is 0.833 bits per heavy atom. The molecule has 7 rings (SSSR count). The number of hydrogen-bond donors (Lipinski definition) is 1. The van der Waals surface area contributed by atoms with Crippen LogP contribution in [-0.2, 0) is 21.9 Å². The fourth-order valence-electron chi connectivity index (χ4n) is 5.81. The zero-order chi connectivity index (χ0) is 33.2. The number of anilines is 1. The number of nitrogens with zero attached hydrogens (tertiary/aromatic N) is 3. The average molecular weight is 670 g/mol. The summed E-state index contributed by atoms with van der Waals surface area (Å²) in [5.41, 5.74) is 5.49. The van der Waals surface area contributed by atoms with Gasteiger partial charge in [0.1, 0.15) is 18.1 Å². The summed E-state index contributed by atoms with van der Waals surface area (Å²) < 4.78 is 6.65. The molecular formula is C39H31N3O4S2. The first-order valence-electron chi connectivity index (χ1n) is 15.5. The molecule has 1 aromatic heterocycles. The summed E-state index contributed by atoms with van der Waals surface area (Å²) in [5.74, 6) is -0.518. The van der Waals surface area contributed by atoms with E-state index in [0.29, 0.717) is 38.7 Å². The summed E-state index contributed by atoms with van der Waals surface area (Å²) in [6.07, 6.45) is 0. The predicted octanol–water partition coefficient (Wildman–Crippen LogP) is 8.81. The van der Waals surface area contributed by atoms with Gasteiger partial charge in [-0.05, 0) is 71.1 Å². The molecule has 1 amide bonds. The highest BCUT2D eigenvalue weighted by atomic mass is 32.2. The Kier molecular flexibility index (Phi) is 8.80. The lowest BCUT2D eigenvalue weighted by molar-refractivity contribution is -0.132. The summed E-state index contributed by atoms with van der Waals surface area (Å²) in [7, 11) is 0. The molecule has 1 saturated heterocycles. The van der Waals surface area contributed by atoms with E-state index in [9.17, 15) is 14.7 Å². The molecule has 5 aromatic carbocycles. The Bertz CT molecular complexity index is 2170. The summed E-state index contributed by atoms with van der Waals surface area (Å²) in [5, 5.41) is 23.0. The third kappa shape index (κ3) is 6.22. The second-order valence-electron chi connectivity index (χ2n) is 11.6. The van der Waals surface area contributed by atoms with Gasteiger partial charge < -0.3 is 9.84 Å². The van der Waals surface area contributed by atoms with Crippen LogP contribution in [0.1, 0.15) is 39.4 Å². The van der Waals surface area contributed by atoms with Crippen LogP contribution in [-0.4, -0.2) is 27.0 Å². The van der Waals surface area contributed by atoms with Gasteiger partial charge in [-0.3, -0.25) is 14.5 Å². The molecule has 0 bridgehead atoms. The average Bonchev–Trinajstić information content (AvgIpc) is 3.68. The smallest absolute Gasteiger partial charge is 0.301 e. The van der Waals surface area contributed by atoms with E-state index in [1.165, 1.54) is 44.3 Å². The number of carbonyl (C=O) groups is 2. The summed E-state index contributed by atoms with van der Waals surface area (Å²) in [6.45, 7) is 4.40. The van der Waals surface area contributed by atoms with Crippen molar-refractivity contribution >= 4 is 56.5 Å². The van der Waals surface area contributed by atoms with Crippen molar-refractivity contribution < 1.29 is 19.4 Å². The van der Waals surface area contributed by atoms with Gasteiger partial charge in [-0.25, -0.2) is 0 Å². The number of thioether (sulfide) groups is 1. The third-order valence-corrected chi connectivity index (χ3v) is 10.6. The maximum absolute atomic E-state index is 13.7. The number of ketones is 1. The van der Waals surface area contributed by atoms with Gasteiger partial charge in [-0.2, -0.15) is 0 Å². The van der Waals surface area contributed by atoms with Crippen LogP contribution < -0.4 is 9.64 Å². The number of hydrogen-bond acceptors (Lipinski definition) is 8. The molecule has 0 radical (unpaired) electrons. The molecule has 0 aliphatic carbocycles. The van der Waals surface area contributed by atoms with Gasteiger partial charge in [0.25, 0.3) is 5.78 Å². The number of Topliss-reactive ketones (excluding diaryl/α,β-unsaturated/α-hetero) is 1. The molecule has 9 heteroatoms. The number of carbonyl (C=O) groups excluding carboxylic acids is 2. The van der Waals surface area contributed by atoms with Gasteiger partial charge in [-0.1, -0.05) is 120 Å². The van der Waals surface area contributed by atoms with Crippen LogP contribution in [0.4, 0.5) is 5.13 Å². The molecule has 1 aliphatic rings. The fourth-order valence-corrected chi connectivity index (χ4v) is 7.68. The zero-order valence-corrected chi connectivity index (χ0v) is 27.9. The van der Waals surface area contributed by atoms with Crippen molar-refractivity contribution in [1.29, 1.82) is 0 Å². The number of aromatic nitrogens is 2. The minimum Gasteiger partial charge on any atom is -0.507 e. The maximum atomic E-state index is 13.7. The fraction of sp³-hybridized carbons (Fsp3) is 0.128. The lowest BCUT2D eigenvalue weighted by Crippen LogP contribution is -2.29. The highest BCUT2D eigenvalue weighted by molar-refractivity contribution is 8.00. The molecule has 0 saturated carbocycles. The Morgan fingerprint density at radius 2 is 1.54 bits per heavy atom. The Balaban J connectivity index is 1.18. The first kappa shape index (κ1) is 31.4. The van der Waals surface area contributed by atoms with E-state index in [0.717, 1.165) is 16.7 Å². The number of fused-ring (bicyclic) bond motifs is 1. The van der Waals surface area contributed by atoms with E-state index >= 15 is 0 Å². The Labute approximate surface area is 286 Å². The molecule has 238 valence electrons. The molecule has 1 aliphatic heterocycles. The van der Waals surface area contributed by atoms with E-state index in [2.05, 4.69) is 34.5 Å². The normalized spacial score (nSPS) is 15.7. The molecule has 1 N–H and O–H groups in total. The van der Waals surface area contributed by atoms with E-state index in [1.54, 1.807) is 24.3 Å². The molecule has 1 fully saturated rings. The van der Waals surface area contributed by atoms with E-state index in [4.69, 9.17) is 4.74 Å². The van der Waals surface area contributed by atoms with E-state index < -0.39 is 17.7 Å². The molecule has 6 aromatic rings. The quantitative estimate of drug-likeness (QED) is 0.0541. The minimum atomic E-state index is -0.883. The predicted molar refractivity (Wildman–Crippen MR) is 191 cm³/mol. The van der Waals surface area contributed by atoms with Crippen LogP contribution in [0.3, 0.4) is 0 Å². The van der Waals surface area contributed by atoms with E-state index in [1.807, 2.05) is 80.6 Å². The van der Waals surface area contributed by atoms with Crippen LogP contribution in [0, 0.1) is 13.8 Å². The van der Waals surface area contributed by atoms with Crippen molar-refractivity contribution in [3.63, 3.8) is 0 Å². The number of aryl methyl sites for hydroxylation is 2. The first-order valence-corrected chi connectivity index (χ1v) is 17.3. The van der Waals surface area contributed by atoms with Gasteiger partial charge in [0.2, 0.25) is 5.13 Å². The molecule has 0 spiro atoms. The number of aliphatic hydroxyl groups excluding tert-OH is 1. The lowest BCUT2D eigenvalue weighted by Gasteiger charge is -2.22. The zero-order valence-electron chi connectivity index (χ0n) is 26.3. The highest BCUT2D eigenvalue weighted by Crippen LogP contribution is 2.44. The van der Waals surface area contributed by atoms with Crippen molar-refractivity contribution in [3.8, 4) is 5.75 Å². The summed E-state index contributed by atoms with van der Waals surface area (Å²) in [4.78, 5) is 28.7. The Hall–Kier alpha value is -5.25. The largest absolute Gasteiger partial charge is 0.507 e. The third-order valence-electron chi connectivity index (χ3n) is 8.45. The number of rotatable bonds is 9. The summed E-state index contributed by atoms with van der Waals surface area (Å²) in [6, 6.07) is 36.0. The van der Waals surface area contributed by atoms with Crippen LogP contribution in [0.2, 0.25) is 0 Å². The van der Waals surface area contributed by atoms with Gasteiger partial charge in [0.15, 0.2) is 4.34 Å². The van der Waals surface area contributed by atoms with Gasteiger partial charge in [0.05, 0.1) is 11.6 Å². The van der Waals surface area contributed by atoms with Crippen molar-refractivity contribution in [2.45, 2.75) is 36.6 Å². The second kappa shape index (κ2) is 13.5. The molecule has 1 unspecified atom stereocenters. The van der Waals surface area contributed by atoms with Crippen molar-refractivity contribution in [2.24, 2.45) is 0 Å². The lowest BCUT2D eigenvalue weighted by atomic mass is 9.95. The van der Waals surface area contributed by atoms with E-state index in [-0.39, 0.29) is 11.3 Å². The maximum Gasteiger partial charge on any atom is 0.301 e. The summed E-state index contributed by atoms with van der Waals surface area (Å²) >= 11 is 2.78. The van der Waals surface area contributed by atoms with Crippen LogP contribution >= 0.6 is 23.1 Å². The minimum absolute atomic E-state index is 0.00223. The second-order valence-corrected chi connectivity index (χ2v) is 13.8. The SMILES string of the molecule is Cc1ccc(C2/C(=C(\O)c3ccc(OCc4ccccc4C)cc3)C(=O)C(=O)N2c2nnc(SCc3cccc4ccccc34)s2)cc1. The molecule has 7 nitrogen and oxygen atoms in total. The van der Waals surface area contributed by atoms with Crippen molar-refractivity contribution in [1.82, 2.24) is 10.2 Å². The monoisotopic (exact) mass is 669 g/mol. The Morgan fingerprint density at radius 3 is 2.33 bits per heavy atom. The molecule has 48 heavy (non-hydrogen) atoms. The number of amides is 1. The van der Waals surface area contributed by atoms with Crippen LogP contribution in [0.15, 0.2) is 125 Å². The van der Waals surface area contributed by atoms with Crippen molar-refractivity contribution in [3.05, 3.63) is 154 Å². The number of aliphatic hydroxyl groups is 1. The molecular weight excluding hydrogens is 639 g/mol. The topological polar surface area (TPSA) is 92.6 Å². The highest BCUT2D eigenvalue weighted by Gasteiger charge is 2.48. The first-order chi connectivity index (χ1) is 23.4. The van der Waals surface area contributed by atoms with Crippen LogP contribution in [0.25, 0.3) is 16.5 Å². The van der Waals surface area contributed by atoms with Crippen molar-refractivity contribution in [2.75, 3.05) is 4.90 Å².